The van der Waals surface area contributed by atoms with Crippen LogP contribution in [0, 0.1) is 0 Å². The molecule has 1 aromatic rings. The van der Waals surface area contributed by atoms with Crippen LogP contribution in [0.1, 0.15) is 13.3 Å². The molecule has 1 amide bonds. The average Bonchev–Trinajstić information content (AvgIpc) is 2.39. The summed E-state index contributed by atoms with van der Waals surface area (Å²) < 4.78 is 10.5. The highest BCUT2D eigenvalue weighted by Gasteiger charge is 2.13. The highest BCUT2D eigenvalue weighted by Crippen LogP contribution is 2.18. The van der Waals surface area contributed by atoms with Gasteiger partial charge in [-0.15, -0.1) is 0 Å². The Hall–Kier alpha value is -1.75. The number of nitrogens with one attached hydrogen (secondary N) is 1. The van der Waals surface area contributed by atoms with Crippen molar-refractivity contribution in [2.75, 3.05) is 20.2 Å². The van der Waals surface area contributed by atoms with Gasteiger partial charge in [-0.1, -0.05) is 0 Å². The zero-order valence-corrected chi connectivity index (χ0v) is 10.8. The van der Waals surface area contributed by atoms with Crippen molar-refractivity contribution in [1.29, 1.82) is 0 Å². The normalized spacial score (nSPS) is 11.7. The summed E-state index contributed by atoms with van der Waals surface area (Å²) in [4.78, 5) is 11.6. The summed E-state index contributed by atoms with van der Waals surface area (Å²) in [5.74, 6) is 1.25. The van der Waals surface area contributed by atoms with Gasteiger partial charge in [-0.3, -0.25) is 4.79 Å². The molecule has 0 spiro atoms. The summed E-state index contributed by atoms with van der Waals surface area (Å²) in [6, 6.07) is 7.10. The third-order valence-corrected chi connectivity index (χ3v) is 2.42. The Labute approximate surface area is 107 Å². The predicted molar refractivity (Wildman–Crippen MR) is 69.8 cm³/mol. The van der Waals surface area contributed by atoms with E-state index in [4.69, 9.17) is 15.2 Å². The quantitative estimate of drug-likeness (QED) is 0.708. The molecule has 100 valence electrons. The van der Waals surface area contributed by atoms with Crippen molar-refractivity contribution >= 4 is 5.91 Å². The zero-order valence-electron chi connectivity index (χ0n) is 10.8. The van der Waals surface area contributed by atoms with Crippen LogP contribution in [0.25, 0.3) is 0 Å². The lowest BCUT2D eigenvalue weighted by Crippen LogP contribution is -2.37. The third kappa shape index (κ3) is 4.63. The fraction of sp³-hybridized carbons (Fsp3) is 0.462. The van der Waals surface area contributed by atoms with Crippen molar-refractivity contribution in [1.82, 2.24) is 5.32 Å². The van der Waals surface area contributed by atoms with Crippen LogP contribution < -0.4 is 20.5 Å². The number of benzene rings is 1. The fourth-order valence-corrected chi connectivity index (χ4v) is 1.37. The minimum Gasteiger partial charge on any atom is -0.497 e. The van der Waals surface area contributed by atoms with Crippen LogP contribution in [0.4, 0.5) is 0 Å². The van der Waals surface area contributed by atoms with E-state index < -0.39 is 6.10 Å². The van der Waals surface area contributed by atoms with Gasteiger partial charge in [0.05, 0.1) is 7.11 Å². The van der Waals surface area contributed by atoms with Crippen molar-refractivity contribution in [3.63, 3.8) is 0 Å². The van der Waals surface area contributed by atoms with Gasteiger partial charge in [0.1, 0.15) is 11.5 Å². The van der Waals surface area contributed by atoms with Crippen LogP contribution in [-0.4, -0.2) is 32.2 Å². The van der Waals surface area contributed by atoms with Gasteiger partial charge in [0.2, 0.25) is 0 Å². The van der Waals surface area contributed by atoms with Crippen molar-refractivity contribution in [3.8, 4) is 11.5 Å². The summed E-state index contributed by atoms with van der Waals surface area (Å²) in [5.41, 5.74) is 5.35. The van der Waals surface area contributed by atoms with Gasteiger partial charge in [0.25, 0.3) is 5.91 Å². The van der Waals surface area contributed by atoms with Crippen LogP contribution in [0.2, 0.25) is 0 Å². The zero-order chi connectivity index (χ0) is 13.4. The number of hydrogen-bond donors (Lipinski definition) is 2. The molecule has 0 saturated heterocycles. The molecule has 0 heterocycles. The molecule has 0 aliphatic heterocycles. The van der Waals surface area contributed by atoms with Gasteiger partial charge in [0, 0.05) is 6.54 Å². The molecular formula is C13H20N2O3. The standard InChI is InChI=1S/C13H20N2O3/c1-10(13(16)15-9-3-8-14)18-12-6-4-11(17-2)5-7-12/h4-7,10H,3,8-9,14H2,1-2H3,(H,15,16). The number of ether oxygens (including phenoxy) is 2. The maximum atomic E-state index is 11.6. The van der Waals surface area contributed by atoms with Crippen molar-refractivity contribution < 1.29 is 14.3 Å². The summed E-state index contributed by atoms with van der Waals surface area (Å²) in [6.07, 6.45) is 0.234. The monoisotopic (exact) mass is 252 g/mol. The van der Waals surface area contributed by atoms with Gasteiger partial charge in [-0.05, 0) is 44.2 Å². The number of amides is 1. The maximum Gasteiger partial charge on any atom is 0.260 e. The van der Waals surface area contributed by atoms with Crippen LogP contribution >= 0.6 is 0 Å². The number of hydrogen-bond acceptors (Lipinski definition) is 4. The number of methoxy groups -OCH3 is 1. The van der Waals surface area contributed by atoms with E-state index in [9.17, 15) is 4.79 Å². The van der Waals surface area contributed by atoms with Crippen LogP contribution in [0.5, 0.6) is 11.5 Å². The van der Waals surface area contributed by atoms with Gasteiger partial charge >= 0.3 is 0 Å². The molecule has 0 aromatic heterocycles. The fourth-order valence-electron chi connectivity index (χ4n) is 1.37. The lowest BCUT2D eigenvalue weighted by Gasteiger charge is -2.14. The summed E-state index contributed by atoms with van der Waals surface area (Å²) in [5, 5.41) is 2.76. The van der Waals surface area contributed by atoms with Crippen molar-refractivity contribution in [2.24, 2.45) is 5.73 Å². The van der Waals surface area contributed by atoms with Gasteiger partial charge in [0.15, 0.2) is 6.10 Å². The minimum absolute atomic E-state index is 0.140. The summed E-state index contributed by atoms with van der Waals surface area (Å²) in [7, 11) is 1.60. The van der Waals surface area contributed by atoms with Crippen LogP contribution in [-0.2, 0) is 4.79 Å². The molecule has 0 saturated carbocycles. The van der Waals surface area contributed by atoms with Crippen molar-refractivity contribution in [3.05, 3.63) is 24.3 Å². The number of nitrogens with two attached hydrogens (primary N) is 1. The van der Waals surface area contributed by atoms with E-state index in [0.29, 0.717) is 18.8 Å². The second-order valence-electron chi connectivity index (χ2n) is 3.87. The Balaban J connectivity index is 2.42. The van der Waals surface area contributed by atoms with E-state index >= 15 is 0 Å². The molecule has 0 radical (unpaired) electrons. The molecule has 1 aromatic carbocycles. The first kappa shape index (κ1) is 14.3. The Morgan fingerprint density at radius 1 is 1.33 bits per heavy atom. The third-order valence-electron chi connectivity index (χ3n) is 2.42. The molecule has 0 aliphatic rings. The second-order valence-corrected chi connectivity index (χ2v) is 3.87. The predicted octanol–water partition coefficient (Wildman–Crippen LogP) is 0.927. The minimum atomic E-state index is -0.531. The van der Waals surface area contributed by atoms with Gasteiger partial charge in [-0.2, -0.15) is 0 Å². The highest BCUT2D eigenvalue weighted by molar-refractivity contribution is 5.80. The Morgan fingerprint density at radius 2 is 1.94 bits per heavy atom. The van der Waals surface area contributed by atoms with Crippen LogP contribution in [0.15, 0.2) is 24.3 Å². The lowest BCUT2D eigenvalue weighted by atomic mass is 10.3. The van der Waals surface area contributed by atoms with E-state index in [1.807, 2.05) is 0 Å². The van der Waals surface area contributed by atoms with E-state index in [0.717, 1.165) is 12.2 Å². The number of carbonyl (C=O) groups excluding carboxylic acids is 1. The molecule has 1 atom stereocenters. The Kier molecular flexibility index (Phi) is 6.00. The van der Waals surface area contributed by atoms with Crippen LogP contribution in [0.3, 0.4) is 0 Å². The molecular weight excluding hydrogens is 232 g/mol. The topological polar surface area (TPSA) is 73.6 Å². The van der Waals surface area contributed by atoms with Gasteiger partial charge in [-0.25, -0.2) is 0 Å². The molecule has 5 nitrogen and oxygen atoms in total. The summed E-state index contributed by atoms with van der Waals surface area (Å²) in [6.45, 7) is 2.85. The largest absolute Gasteiger partial charge is 0.497 e. The SMILES string of the molecule is COc1ccc(OC(C)C(=O)NCCCN)cc1. The maximum absolute atomic E-state index is 11.6. The second kappa shape index (κ2) is 7.55. The highest BCUT2D eigenvalue weighted by atomic mass is 16.5. The van der Waals surface area contributed by atoms with E-state index in [-0.39, 0.29) is 5.91 Å². The number of carbonyl (C=O) groups is 1. The molecule has 5 heteroatoms. The molecule has 1 unspecified atom stereocenters. The van der Waals surface area contributed by atoms with Crippen molar-refractivity contribution in [2.45, 2.75) is 19.4 Å². The first-order valence-electron chi connectivity index (χ1n) is 5.96. The summed E-state index contributed by atoms with van der Waals surface area (Å²) >= 11 is 0. The molecule has 0 bridgehead atoms. The molecule has 18 heavy (non-hydrogen) atoms. The first-order chi connectivity index (χ1) is 8.67. The smallest absolute Gasteiger partial charge is 0.260 e. The molecule has 0 fully saturated rings. The first-order valence-corrected chi connectivity index (χ1v) is 5.96. The Morgan fingerprint density at radius 3 is 2.50 bits per heavy atom. The van der Waals surface area contributed by atoms with E-state index in [2.05, 4.69) is 5.32 Å². The molecule has 0 aliphatic carbocycles. The average molecular weight is 252 g/mol. The van der Waals surface area contributed by atoms with E-state index in [1.165, 1.54) is 0 Å². The van der Waals surface area contributed by atoms with E-state index in [1.54, 1.807) is 38.3 Å². The number of rotatable bonds is 7. The molecule has 3 N–H and O–H groups in total. The molecule has 1 rings (SSSR count). The van der Waals surface area contributed by atoms with Gasteiger partial charge < -0.3 is 20.5 Å². The lowest BCUT2D eigenvalue weighted by molar-refractivity contribution is -0.127. The Bertz CT molecular complexity index is 365.